The lowest BCUT2D eigenvalue weighted by Gasteiger charge is -2.12. The zero-order chi connectivity index (χ0) is 19.7. The Hall–Kier alpha value is -2.03. The predicted molar refractivity (Wildman–Crippen MR) is 115 cm³/mol. The maximum absolute atomic E-state index is 12.3. The maximum Gasteiger partial charge on any atom is 0.323 e. The molecule has 0 saturated carbocycles. The van der Waals surface area contributed by atoms with E-state index in [1.54, 1.807) is 17.8 Å². The monoisotopic (exact) mass is 418 g/mol. The summed E-state index contributed by atoms with van der Waals surface area (Å²) < 4.78 is 0.275. The molecular formula is C19H18N2O3S3. The molecule has 0 atom stereocenters. The minimum Gasteiger partial charge on any atom is -0.480 e. The van der Waals surface area contributed by atoms with E-state index in [4.69, 9.17) is 17.3 Å². The number of amides is 1. The number of benzene rings is 1. The fourth-order valence-corrected chi connectivity index (χ4v) is 5.11. The zero-order valence-corrected chi connectivity index (χ0v) is 17.5. The highest BCUT2D eigenvalue weighted by molar-refractivity contribution is 8.26. The largest absolute Gasteiger partial charge is 0.480 e. The number of carbonyl (C=O) groups is 2. The molecule has 0 unspecified atom stereocenters. The number of thioether (sulfide) groups is 2. The van der Waals surface area contributed by atoms with Crippen LogP contribution < -0.4 is 4.90 Å². The molecule has 0 bridgehead atoms. The van der Waals surface area contributed by atoms with Gasteiger partial charge in [-0.15, -0.1) is 0 Å². The van der Waals surface area contributed by atoms with Gasteiger partial charge in [0.05, 0.1) is 15.6 Å². The van der Waals surface area contributed by atoms with Crippen LogP contribution >= 0.6 is 35.7 Å². The number of hydrogen-bond acceptors (Lipinski definition) is 6. The van der Waals surface area contributed by atoms with Crippen molar-refractivity contribution in [2.45, 2.75) is 18.7 Å². The summed E-state index contributed by atoms with van der Waals surface area (Å²) in [6, 6.07) is 6.38. The second-order valence-electron chi connectivity index (χ2n) is 6.21. The van der Waals surface area contributed by atoms with Gasteiger partial charge in [0.25, 0.3) is 5.91 Å². The summed E-state index contributed by atoms with van der Waals surface area (Å²) in [5, 5.41) is 9.99. The maximum atomic E-state index is 12.3. The minimum atomic E-state index is -1.08. The van der Waals surface area contributed by atoms with Gasteiger partial charge < -0.3 is 10.0 Å². The SMILES string of the molecule is CC(=C\C=C1/Sc2cc(C)ccc2N1C)/C=C1/SC(=S)N(CC(=O)O)C1=O. The fraction of sp³-hybridized carbons (Fsp3) is 0.211. The molecule has 0 aliphatic carbocycles. The number of rotatable bonds is 4. The Kier molecular flexibility index (Phi) is 5.78. The molecule has 1 N–H and O–H groups in total. The van der Waals surface area contributed by atoms with Crippen molar-refractivity contribution in [2.75, 3.05) is 18.5 Å². The standard InChI is InChI=1S/C19H18N2O3S3/c1-11-4-6-13-14(8-11)26-16(20(13)3)7-5-12(2)9-15-18(24)21(10-17(22)23)19(25)27-15/h4-9H,10H2,1-3H3,(H,22,23)/b12-5+,15-9+,16-7-. The van der Waals surface area contributed by atoms with E-state index in [9.17, 15) is 9.59 Å². The first-order valence-electron chi connectivity index (χ1n) is 8.14. The molecule has 0 radical (unpaired) electrons. The molecule has 27 heavy (non-hydrogen) atoms. The number of allylic oxidation sites excluding steroid dienone is 4. The summed E-state index contributed by atoms with van der Waals surface area (Å²) in [5.74, 6) is -1.44. The molecule has 8 heteroatoms. The fourth-order valence-electron chi connectivity index (χ4n) is 2.66. The van der Waals surface area contributed by atoms with E-state index in [2.05, 4.69) is 30.0 Å². The smallest absolute Gasteiger partial charge is 0.323 e. The first-order valence-corrected chi connectivity index (χ1v) is 10.2. The molecule has 2 aliphatic heterocycles. The summed E-state index contributed by atoms with van der Waals surface area (Å²) in [4.78, 5) is 28.1. The molecule has 1 amide bonds. The van der Waals surface area contributed by atoms with Gasteiger partial charge in [0.1, 0.15) is 10.9 Å². The van der Waals surface area contributed by atoms with E-state index < -0.39 is 12.5 Å². The summed E-state index contributed by atoms with van der Waals surface area (Å²) in [6.45, 7) is 3.57. The third-order valence-electron chi connectivity index (χ3n) is 4.04. The van der Waals surface area contributed by atoms with Gasteiger partial charge in [-0.25, -0.2) is 0 Å². The number of nitrogens with zero attached hydrogens (tertiary/aromatic N) is 2. The first kappa shape index (κ1) is 19.7. The minimum absolute atomic E-state index is 0.275. The lowest BCUT2D eigenvalue weighted by molar-refractivity contribution is -0.140. The normalized spacial score (nSPS) is 20.2. The molecule has 1 fully saturated rings. The van der Waals surface area contributed by atoms with Crippen molar-refractivity contribution < 1.29 is 14.7 Å². The highest BCUT2D eigenvalue weighted by Crippen LogP contribution is 2.45. The molecule has 1 aromatic rings. The molecule has 140 valence electrons. The van der Waals surface area contributed by atoms with Gasteiger partial charge in [-0.3, -0.25) is 14.5 Å². The van der Waals surface area contributed by atoms with Gasteiger partial charge in [0.2, 0.25) is 0 Å². The van der Waals surface area contributed by atoms with Crippen LogP contribution in [0.2, 0.25) is 0 Å². The molecule has 1 saturated heterocycles. The topological polar surface area (TPSA) is 60.9 Å². The zero-order valence-electron chi connectivity index (χ0n) is 15.1. The van der Waals surface area contributed by atoms with Crippen LogP contribution in [0.4, 0.5) is 5.69 Å². The molecular weight excluding hydrogens is 400 g/mol. The number of aliphatic carboxylic acids is 1. The lowest BCUT2D eigenvalue weighted by Crippen LogP contribution is -2.33. The van der Waals surface area contributed by atoms with Crippen LogP contribution in [0, 0.1) is 6.92 Å². The number of hydrogen-bond donors (Lipinski definition) is 1. The van der Waals surface area contributed by atoms with Crippen molar-refractivity contribution in [1.29, 1.82) is 0 Å². The number of carbonyl (C=O) groups excluding carboxylic acids is 1. The Morgan fingerprint density at radius 3 is 2.78 bits per heavy atom. The second kappa shape index (κ2) is 7.92. The van der Waals surface area contributed by atoms with Crippen LogP contribution in [-0.4, -0.2) is 39.8 Å². The summed E-state index contributed by atoms with van der Waals surface area (Å²) in [7, 11) is 2.03. The van der Waals surface area contributed by atoms with Crippen LogP contribution in [0.25, 0.3) is 0 Å². The first-order chi connectivity index (χ1) is 12.8. The predicted octanol–water partition coefficient (Wildman–Crippen LogP) is 4.15. The van der Waals surface area contributed by atoms with E-state index >= 15 is 0 Å². The van der Waals surface area contributed by atoms with E-state index in [1.165, 1.54) is 16.1 Å². The van der Waals surface area contributed by atoms with Crippen molar-refractivity contribution in [1.82, 2.24) is 4.90 Å². The van der Waals surface area contributed by atoms with E-state index in [-0.39, 0.29) is 10.2 Å². The highest BCUT2D eigenvalue weighted by Gasteiger charge is 2.33. The molecule has 5 nitrogen and oxygen atoms in total. The van der Waals surface area contributed by atoms with E-state index in [0.29, 0.717) is 4.91 Å². The number of thiocarbonyl (C=S) groups is 1. The van der Waals surface area contributed by atoms with E-state index in [1.807, 2.05) is 26.1 Å². The van der Waals surface area contributed by atoms with Crippen molar-refractivity contribution >= 4 is 57.6 Å². The average Bonchev–Trinajstić information content (AvgIpc) is 3.03. The Bertz CT molecular complexity index is 934. The van der Waals surface area contributed by atoms with Gasteiger partial charge in [0.15, 0.2) is 0 Å². The molecule has 0 spiro atoms. The molecule has 2 heterocycles. The van der Waals surface area contributed by atoms with Crippen molar-refractivity contribution in [2.24, 2.45) is 0 Å². The number of anilines is 1. The van der Waals surface area contributed by atoms with Crippen LogP contribution in [0.5, 0.6) is 0 Å². The molecule has 3 rings (SSSR count). The number of carboxylic acids is 1. The summed E-state index contributed by atoms with van der Waals surface area (Å²) >= 11 is 7.94. The van der Waals surface area contributed by atoms with Crippen LogP contribution in [0.3, 0.4) is 0 Å². The van der Waals surface area contributed by atoms with Crippen molar-refractivity contribution in [3.63, 3.8) is 0 Å². The van der Waals surface area contributed by atoms with Crippen molar-refractivity contribution in [3.8, 4) is 0 Å². The van der Waals surface area contributed by atoms with Crippen LogP contribution in [0.15, 0.2) is 56.8 Å². The summed E-state index contributed by atoms with van der Waals surface area (Å²) in [5.41, 5.74) is 3.29. The average molecular weight is 419 g/mol. The van der Waals surface area contributed by atoms with Gasteiger partial charge in [-0.2, -0.15) is 0 Å². The quantitative estimate of drug-likeness (QED) is 0.582. The van der Waals surface area contributed by atoms with Gasteiger partial charge in [-0.05, 0) is 49.3 Å². The Labute approximate surface area is 171 Å². The van der Waals surface area contributed by atoms with Crippen molar-refractivity contribution in [3.05, 3.63) is 57.5 Å². The Balaban J connectivity index is 1.76. The number of carboxylic acid groups (broad SMARTS) is 1. The Morgan fingerprint density at radius 2 is 2.07 bits per heavy atom. The number of fused-ring (bicyclic) bond motifs is 1. The molecule has 1 aromatic carbocycles. The third-order valence-corrected chi connectivity index (χ3v) is 6.58. The van der Waals surface area contributed by atoms with Gasteiger partial charge >= 0.3 is 5.97 Å². The van der Waals surface area contributed by atoms with Crippen LogP contribution in [-0.2, 0) is 9.59 Å². The highest BCUT2D eigenvalue weighted by atomic mass is 32.2. The third kappa shape index (κ3) is 4.28. The van der Waals surface area contributed by atoms with Gasteiger partial charge in [0, 0.05) is 11.9 Å². The lowest BCUT2D eigenvalue weighted by atomic mass is 10.2. The summed E-state index contributed by atoms with van der Waals surface area (Å²) in [6.07, 6.45) is 5.71. The van der Waals surface area contributed by atoms with Crippen LogP contribution in [0.1, 0.15) is 12.5 Å². The van der Waals surface area contributed by atoms with E-state index in [0.717, 1.165) is 27.3 Å². The van der Waals surface area contributed by atoms with Gasteiger partial charge in [-0.1, -0.05) is 47.9 Å². The Morgan fingerprint density at radius 1 is 1.33 bits per heavy atom. The number of aryl methyl sites for hydroxylation is 1. The molecule has 0 aromatic heterocycles. The second-order valence-corrected chi connectivity index (χ2v) is 8.95. The molecule has 2 aliphatic rings.